The smallest absolute Gasteiger partial charge is 0.202 e. The fourth-order valence-corrected chi connectivity index (χ4v) is 1.19. The average Bonchev–Trinajstić information content (AvgIpc) is 2.59. The molecule has 0 aliphatic rings. The molecule has 1 aromatic rings. The van der Waals surface area contributed by atoms with Crippen LogP contribution in [0.4, 0.5) is 5.95 Å². The molecule has 0 radical (unpaired) electrons. The van der Waals surface area contributed by atoms with E-state index in [1.54, 1.807) is 6.20 Å². The number of anilines is 1. The summed E-state index contributed by atoms with van der Waals surface area (Å²) < 4.78 is 7.48. The Labute approximate surface area is 85.3 Å². The molecule has 0 aliphatic heterocycles. The van der Waals surface area contributed by atoms with Crippen molar-refractivity contribution in [2.24, 2.45) is 0 Å². The Morgan fingerprint density at radius 1 is 1.57 bits per heavy atom. The van der Waals surface area contributed by atoms with Crippen LogP contribution >= 0.6 is 0 Å². The van der Waals surface area contributed by atoms with Gasteiger partial charge >= 0.3 is 0 Å². The van der Waals surface area contributed by atoms with Crippen LogP contribution in [0.2, 0.25) is 0 Å². The fourth-order valence-electron chi connectivity index (χ4n) is 1.19. The molecule has 0 unspecified atom stereocenters. The highest BCUT2D eigenvalue weighted by atomic mass is 16.5. The normalized spacial score (nSPS) is 10.9. The number of hydrogen-bond acceptors (Lipinski definition) is 3. The van der Waals surface area contributed by atoms with Crippen LogP contribution in [0.1, 0.15) is 20.8 Å². The van der Waals surface area contributed by atoms with Crippen molar-refractivity contribution in [3.8, 4) is 0 Å². The average molecular weight is 197 g/mol. The molecule has 0 aliphatic carbocycles. The second-order valence-electron chi connectivity index (χ2n) is 3.38. The lowest BCUT2D eigenvalue weighted by atomic mass is 10.5. The Hall–Kier alpha value is -1.03. The summed E-state index contributed by atoms with van der Waals surface area (Å²) in [6.45, 7) is 8.62. The molecule has 1 rings (SSSR count). The molecule has 1 heterocycles. The quantitative estimate of drug-likeness (QED) is 0.706. The number of hydrogen-bond donors (Lipinski definition) is 1. The molecule has 1 N–H and O–H groups in total. The van der Waals surface area contributed by atoms with Gasteiger partial charge in [0.1, 0.15) is 0 Å². The van der Waals surface area contributed by atoms with E-state index < -0.39 is 0 Å². The molecule has 0 spiro atoms. The first-order chi connectivity index (χ1) is 6.74. The molecular weight excluding hydrogens is 178 g/mol. The Balaban J connectivity index is 2.24. The van der Waals surface area contributed by atoms with Gasteiger partial charge in [0.05, 0.1) is 12.7 Å². The zero-order chi connectivity index (χ0) is 10.4. The van der Waals surface area contributed by atoms with Gasteiger partial charge in [-0.2, -0.15) is 0 Å². The van der Waals surface area contributed by atoms with Crippen LogP contribution in [0.15, 0.2) is 12.4 Å². The second-order valence-corrected chi connectivity index (χ2v) is 3.38. The monoisotopic (exact) mass is 197 g/mol. The highest BCUT2D eigenvalue weighted by molar-refractivity contribution is 5.25. The van der Waals surface area contributed by atoms with Gasteiger partial charge in [0, 0.05) is 25.5 Å². The maximum absolute atomic E-state index is 5.41. The molecule has 4 heteroatoms. The Kier molecular flexibility index (Phi) is 4.46. The van der Waals surface area contributed by atoms with Crippen molar-refractivity contribution < 1.29 is 4.74 Å². The fraction of sp³-hybridized carbons (Fsp3) is 0.700. The minimum absolute atomic E-state index is 0.294. The van der Waals surface area contributed by atoms with Crippen LogP contribution in [-0.4, -0.2) is 28.8 Å². The molecule has 1 aromatic heterocycles. The van der Waals surface area contributed by atoms with Crippen molar-refractivity contribution in [2.75, 3.05) is 18.5 Å². The van der Waals surface area contributed by atoms with Crippen LogP contribution in [-0.2, 0) is 11.3 Å². The lowest BCUT2D eigenvalue weighted by molar-refractivity contribution is 0.0869. The van der Waals surface area contributed by atoms with Crippen LogP contribution in [0.5, 0.6) is 0 Å². The van der Waals surface area contributed by atoms with Gasteiger partial charge < -0.3 is 14.6 Å². The first-order valence-corrected chi connectivity index (χ1v) is 5.10. The molecule has 14 heavy (non-hydrogen) atoms. The van der Waals surface area contributed by atoms with Gasteiger partial charge in [-0.1, -0.05) is 0 Å². The molecule has 0 atom stereocenters. The van der Waals surface area contributed by atoms with Gasteiger partial charge in [-0.05, 0) is 20.8 Å². The maximum atomic E-state index is 5.41. The van der Waals surface area contributed by atoms with E-state index in [0.29, 0.717) is 12.7 Å². The third kappa shape index (κ3) is 3.38. The minimum atomic E-state index is 0.294. The maximum Gasteiger partial charge on any atom is 0.202 e. The van der Waals surface area contributed by atoms with E-state index in [0.717, 1.165) is 19.0 Å². The summed E-state index contributed by atoms with van der Waals surface area (Å²) in [6.07, 6.45) is 4.06. The summed E-state index contributed by atoms with van der Waals surface area (Å²) in [5.74, 6) is 0.917. The third-order valence-electron chi connectivity index (χ3n) is 1.89. The lowest BCUT2D eigenvalue weighted by Gasteiger charge is -2.09. The van der Waals surface area contributed by atoms with Gasteiger partial charge in [0.2, 0.25) is 5.95 Å². The standard InChI is InChI=1S/C10H19N3O/c1-4-13-7-5-11-10(13)12-6-8-14-9(2)3/h5,7,9H,4,6,8H2,1-3H3,(H,11,12). The molecule has 0 bridgehead atoms. The number of aryl methyl sites for hydroxylation is 1. The molecule has 0 saturated carbocycles. The topological polar surface area (TPSA) is 39.1 Å². The zero-order valence-corrected chi connectivity index (χ0v) is 9.16. The molecule has 0 aromatic carbocycles. The number of rotatable bonds is 6. The van der Waals surface area contributed by atoms with E-state index in [2.05, 4.69) is 21.8 Å². The van der Waals surface area contributed by atoms with E-state index in [-0.39, 0.29) is 0 Å². The number of nitrogens with zero attached hydrogens (tertiary/aromatic N) is 2. The van der Waals surface area contributed by atoms with Gasteiger partial charge in [-0.3, -0.25) is 0 Å². The van der Waals surface area contributed by atoms with Crippen molar-refractivity contribution in [1.82, 2.24) is 9.55 Å². The first kappa shape index (κ1) is 11.0. The predicted molar refractivity (Wildman–Crippen MR) is 57.5 cm³/mol. The summed E-state index contributed by atoms with van der Waals surface area (Å²) in [6, 6.07) is 0. The van der Waals surface area contributed by atoms with Crippen LogP contribution in [0.3, 0.4) is 0 Å². The highest BCUT2D eigenvalue weighted by Gasteiger charge is 1.99. The summed E-state index contributed by atoms with van der Waals surface area (Å²) in [7, 11) is 0. The molecular formula is C10H19N3O. The summed E-state index contributed by atoms with van der Waals surface area (Å²) >= 11 is 0. The summed E-state index contributed by atoms with van der Waals surface area (Å²) in [4.78, 5) is 4.20. The number of nitrogens with one attached hydrogen (secondary N) is 1. The van der Waals surface area contributed by atoms with Crippen LogP contribution in [0, 0.1) is 0 Å². The third-order valence-corrected chi connectivity index (χ3v) is 1.89. The lowest BCUT2D eigenvalue weighted by Crippen LogP contribution is -2.15. The van der Waals surface area contributed by atoms with E-state index in [1.807, 2.05) is 20.0 Å². The van der Waals surface area contributed by atoms with Gasteiger partial charge in [-0.25, -0.2) is 4.98 Å². The van der Waals surface area contributed by atoms with Crippen molar-refractivity contribution in [3.05, 3.63) is 12.4 Å². The Morgan fingerprint density at radius 3 is 3.00 bits per heavy atom. The Bertz CT molecular complexity index is 258. The number of ether oxygens (including phenoxy) is 1. The van der Waals surface area contributed by atoms with E-state index in [4.69, 9.17) is 4.74 Å². The summed E-state index contributed by atoms with van der Waals surface area (Å²) in [5.41, 5.74) is 0. The zero-order valence-electron chi connectivity index (χ0n) is 9.16. The Morgan fingerprint density at radius 2 is 2.36 bits per heavy atom. The molecule has 80 valence electrons. The number of imidazole rings is 1. The van der Waals surface area contributed by atoms with E-state index >= 15 is 0 Å². The predicted octanol–water partition coefficient (Wildman–Crippen LogP) is 1.74. The molecule has 0 amide bonds. The van der Waals surface area contributed by atoms with E-state index in [9.17, 15) is 0 Å². The van der Waals surface area contributed by atoms with Gasteiger partial charge in [0.25, 0.3) is 0 Å². The second kappa shape index (κ2) is 5.65. The SMILES string of the molecule is CCn1ccnc1NCCOC(C)C. The molecule has 0 fully saturated rings. The highest BCUT2D eigenvalue weighted by Crippen LogP contribution is 2.02. The van der Waals surface area contributed by atoms with Crippen molar-refractivity contribution in [1.29, 1.82) is 0 Å². The van der Waals surface area contributed by atoms with Crippen molar-refractivity contribution in [3.63, 3.8) is 0 Å². The first-order valence-electron chi connectivity index (χ1n) is 5.10. The van der Waals surface area contributed by atoms with Crippen molar-refractivity contribution >= 4 is 5.95 Å². The molecule has 0 saturated heterocycles. The van der Waals surface area contributed by atoms with Crippen LogP contribution in [0.25, 0.3) is 0 Å². The molecule has 4 nitrogen and oxygen atoms in total. The van der Waals surface area contributed by atoms with Crippen LogP contribution < -0.4 is 5.32 Å². The largest absolute Gasteiger partial charge is 0.377 e. The van der Waals surface area contributed by atoms with Gasteiger partial charge in [0.15, 0.2) is 0 Å². The van der Waals surface area contributed by atoms with E-state index in [1.165, 1.54) is 0 Å². The number of aromatic nitrogens is 2. The minimum Gasteiger partial charge on any atom is -0.377 e. The van der Waals surface area contributed by atoms with Gasteiger partial charge in [-0.15, -0.1) is 0 Å². The summed E-state index contributed by atoms with van der Waals surface area (Å²) in [5, 5.41) is 3.23. The van der Waals surface area contributed by atoms with Crippen molar-refractivity contribution in [2.45, 2.75) is 33.4 Å².